The van der Waals surface area contributed by atoms with Gasteiger partial charge in [-0.05, 0) is 24.3 Å². The predicted molar refractivity (Wildman–Crippen MR) is 154 cm³/mol. The number of para-hydroxylation sites is 2. The van der Waals surface area contributed by atoms with Crippen LogP contribution in [0.25, 0.3) is 65.0 Å². The summed E-state index contributed by atoms with van der Waals surface area (Å²) in [6.45, 7) is 0. The van der Waals surface area contributed by atoms with Crippen molar-refractivity contribution >= 4 is 54.9 Å². The van der Waals surface area contributed by atoms with Gasteiger partial charge in [0.25, 0.3) is 0 Å². The second kappa shape index (κ2) is 7.88. The molecule has 0 spiro atoms. The van der Waals surface area contributed by atoms with Crippen LogP contribution in [0, 0.1) is 0 Å². The fourth-order valence-electron chi connectivity index (χ4n) is 5.54. The Hall–Kier alpha value is -4.74. The van der Waals surface area contributed by atoms with Crippen molar-refractivity contribution in [2.45, 2.75) is 0 Å². The maximum atomic E-state index is 4.84. The van der Waals surface area contributed by atoms with Crippen LogP contribution in [0.1, 0.15) is 0 Å². The van der Waals surface area contributed by atoms with Crippen molar-refractivity contribution in [1.29, 1.82) is 0 Å². The van der Waals surface area contributed by atoms with E-state index in [1.807, 2.05) is 30.6 Å². The molecule has 0 N–H and O–H groups in total. The van der Waals surface area contributed by atoms with Gasteiger partial charge < -0.3 is 0 Å². The molecule has 0 saturated carbocycles. The second-order valence-electron chi connectivity index (χ2n) is 9.12. The molecular formula is C32H20N4S. The molecular weight excluding hydrogens is 472 g/mol. The van der Waals surface area contributed by atoms with Gasteiger partial charge >= 0.3 is 0 Å². The van der Waals surface area contributed by atoms with E-state index >= 15 is 0 Å². The van der Waals surface area contributed by atoms with Crippen LogP contribution < -0.4 is 0 Å². The Kier molecular flexibility index (Phi) is 4.36. The van der Waals surface area contributed by atoms with Crippen LogP contribution in [-0.4, -0.2) is 19.1 Å². The van der Waals surface area contributed by atoms with Crippen LogP contribution in [0.15, 0.2) is 122 Å². The van der Waals surface area contributed by atoms with Crippen molar-refractivity contribution in [2.24, 2.45) is 0 Å². The highest BCUT2D eigenvalue weighted by Gasteiger charge is 2.22. The Balaban J connectivity index is 1.56. The van der Waals surface area contributed by atoms with Gasteiger partial charge in [0.1, 0.15) is 15.8 Å². The first kappa shape index (κ1) is 20.5. The smallest absolute Gasteiger partial charge is 0.137 e. The number of rotatable bonds is 3. The summed E-state index contributed by atoms with van der Waals surface area (Å²) in [5.74, 6) is 0.910. The third kappa shape index (κ3) is 2.95. The zero-order valence-electron chi connectivity index (χ0n) is 19.7. The lowest BCUT2D eigenvalue weighted by Gasteiger charge is -2.10. The first-order valence-electron chi connectivity index (χ1n) is 12.3. The summed E-state index contributed by atoms with van der Waals surface area (Å²) in [5.41, 5.74) is 5.78. The van der Waals surface area contributed by atoms with E-state index in [9.17, 15) is 0 Å². The van der Waals surface area contributed by atoms with Gasteiger partial charge in [-0.15, -0.1) is 0 Å². The quantitative estimate of drug-likeness (QED) is 0.248. The molecule has 0 aliphatic rings. The Morgan fingerprint density at radius 3 is 1.84 bits per heavy atom. The molecule has 4 heterocycles. The van der Waals surface area contributed by atoms with Crippen molar-refractivity contribution < 1.29 is 0 Å². The predicted octanol–water partition coefficient (Wildman–Crippen LogP) is 8.40. The summed E-state index contributed by atoms with van der Waals surface area (Å²) < 4.78 is 4.69. The molecule has 4 nitrogen and oxygen atoms in total. The topological polar surface area (TPSA) is 35.6 Å². The molecule has 0 atom stereocenters. The largest absolute Gasteiger partial charge is 0.297 e. The summed E-state index contributed by atoms with van der Waals surface area (Å²) >= 11 is 1.72. The molecule has 4 aromatic heterocycles. The van der Waals surface area contributed by atoms with E-state index in [2.05, 4.69) is 100 Å². The van der Waals surface area contributed by atoms with Gasteiger partial charge in [-0.3, -0.25) is 9.13 Å². The van der Waals surface area contributed by atoms with Crippen LogP contribution in [0.3, 0.4) is 0 Å². The number of hydrogen-bond acceptors (Lipinski definition) is 3. The highest BCUT2D eigenvalue weighted by molar-refractivity contribution is 7.17. The van der Waals surface area contributed by atoms with Gasteiger partial charge in [0.2, 0.25) is 0 Å². The number of hydrogen-bond donors (Lipinski definition) is 0. The van der Waals surface area contributed by atoms with E-state index in [0.29, 0.717) is 0 Å². The fraction of sp³-hybridized carbons (Fsp3) is 0. The molecule has 0 aliphatic heterocycles. The third-order valence-corrected chi connectivity index (χ3v) is 8.11. The lowest BCUT2D eigenvalue weighted by atomic mass is 10.1. The maximum absolute atomic E-state index is 4.84. The molecule has 174 valence electrons. The molecule has 0 fully saturated rings. The highest BCUT2D eigenvalue weighted by atomic mass is 32.1. The Morgan fingerprint density at radius 2 is 1.14 bits per heavy atom. The van der Waals surface area contributed by atoms with Gasteiger partial charge in [0.05, 0.1) is 28.3 Å². The number of thiazole rings is 1. The monoisotopic (exact) mass is 492 g/mol. The van der Waals surface area contributed by atoms with E-state index in [-0.39, 0.29) is 0 Å². The SMILES string of the molecule is c1ccc(-c2ncc(-n3c4ccccc4c4ccc5c6ccccc6n(-c6ccccn6)c5c43)s2)cc1. The Morgan fingerprint density at radius 1 is 0.514 bits per heavy atom. The van der Waals surface area contributed by atoms with E-state index in [1.165, 1.54) is 32.6 Å². The summed E-state index contributed by atoms with van der Waals surface area (Å²) in [5, 5.41) is 6.99. The molecule has 0 bridgehead atoms. The van der Waals surface area contributed by atoms with Gasteiger partial charge in [-0.1, -0.05) is 96.3 Å². The van der Waals surface area contributed by atoms with Crippen LogP contribution in [-0.2, 0) is 0 Å². The lowest BCUT2D eigenvalue weighted by Crippen LogP contribution is -1.99. The van der Waals surface area contributed by atoms with Crippen LogP contribution in [0.4, 0.5) is 0 Å². The van der Waals surface area contributed by atoms with Crippen LogP contribution >= 0.6 is 11.3 Å². The molecule has 0 radical (unpaired) electrons. The lowest BCUT2D eigenvalue weighted by molar-refractivity contribution is 1.08. The van der Waals surface area contributed by atoms with Crippen LogP contribution in [0.5, 0.6) is 0 Å². The van der Waals surface area contributed by atoms with E-state index in [0.717, 1.165) is 32.4 Å². The summed E-state index contributed by atoms with van der Waals surface area (Å²) in [6, 6.07) is 38.3. The molecule has 37 heavy (non-hydrogen) atoms. The van der Waals surface area contributed by atoms with Gasteiger partial charge in [-0.2, -0.15) is 0 Å². The van der Waals surface area contributed by atoms with Crippen molar-refractivity contribution in [2.75, 3.05) is 0 Å². The first-order valence-corrected chi connectivity index (χ1v) is 13.1. The van der Waals surface area contributed by atoms with Crippen LogP contribution in [0.2, 0.25) is 0 Å². The minimum atomic E-state index is 0.910. The van der Waals surface area contributed by atoms with Crippen molar-refractivity contribution in [3.05, 3.63) is 122 Å². The highest BCUT2D eigenvalue weighted by Crippen LogP contribution is 2.42. The van der Waals surface area contributed by atoms with Gasteiger partial charge in [0.15, 0.2) is 0 Å². The van der Waals surface area contributed by atoms with E-state index < -0.39 is 0 Å². The molecule has 0 amide bonds. The zero-order valence-corrected chi connectivity index (χ0v) is 20.6. The van der Waals surface area contributed by atoms with Gasteiger partial charge in [-0.25, -0.2) is 9.97 Å². The van der Waals surface area contributed by atoms with E-state index in [4.69, 9.17) is 9.97 Å². The number of fused-ring (bicyclic) bond motifs is 7. The van der Waals surface area contributed by atoms with Crippen molar-refractivity contribution in [1.82, 2.24) is 19.1 Å². The normalized spacial score (nSPS) is 11.8. The molecule has 0 aliphatic carbocycles. The zero-order chi connectivity index (χ0) is 24.3. The average Bonchev–Trinajstić information content (AvgIpc) is 3.66. The van der Waals surface area contributed by atoms with E-state index in [1.54, 1.807) is 11.3 Å². The minimum Gasteiger partial charge on any atom is -0.297 e. The minimum absolute atomic E-state index is 0.910. The second-order valence-corrected chi connectivity index (χ2v) is 10.1. The molecule has 5 heteroatoms. The standard InChI is InChI=1S/C32H20N4S/c1-2-10-21(11-3-1)32-34-20-29(37-32)36-27-15-7-5-13-23(27)25-18-17-24-22-12-4-6-14-26(22)35(30(24)31(25)36)28-16-8-9-19-33-28/h1-20H. The molecule has 0 unspecified atom stereocenters. The Bertz CT molecular complexity index is 2080. The Labute approximate surface area is 216 Å². The first-order chi connectivity index (χ1) is 18.4. The molecule has 8 rings (SSSR count). The summed E-state index contributed by atoms with van der Waals surface area (Å²) in [7, 11) is 0. The number of benzene rings is 4. The average molecular weight is 493 g/mol. The van der Waals surface area contributed by atoms with Crippen molar-refractivity contribution in [3.8, 4) is 21.4 Å². The number of pyridine rings is 1. The maximum Gasteiger partial charge on any atom is 0.137 e. The number of aromatic nitrogens is 4. The fourth-order valence-corrected chi connectivity index (χ4v) is 6.48. The summed E-state index contributed by atoms with van der Waals surface area (Å²) in [6.07, 6.45) is 3.87. The molecule has 4 aromatic carbocycles. The summed E-state index contributed by atoms with van der Waals surface area (Å²) in [4.78, 5) is 9.61. The molecule has 8 aromatic rings. The molecule has 0 saturated heterocycles. The number of nitrogens with zero attached hydrogens (tertiary/aromatic N) is 4. The van der Waals surface area contributed by atoms with Gasteiger partial charge in [0, 0.05) is 33.3 Å². The third-order valence-electron chi connectivity index (χ3n) is 7.08. The van der Waals surface area contributed by atoms with Crippen molar-refractivity contribution in [3.63, 3.8) is 0 Å².